The molecule has 7 nitrogen and oxygen atoms in total. The molecule has 1 aromatic carbocycles. The molecule has 0 amide bonds. The van der Waals surface area contributed by atoms with Crippen LogP contribution in [0.1, 0.15) is 19.4 Å². The van der Waals surface area contributed by atoms with Gasteiger partial charge in [0.05, 0.1) is 35.6 Å². The smallest absolute Gasteiger partial charge is 0.434 e. The molecule has 0 radical (unpaired) electrons. The van der Waals surface area contributed by atoms with Crippen molar-refractivity contribution in [1.82, 2.24) is 20.0 Å². The predicted octanol–water partition coefficient (Wildman–Crippen LogP) is 4.12. The van der Waals surface area contributed by atoms with Crippen molar-refractivity contribution in [2.24, 2.45) is 24.5 Å². The van der Waals surface area contributed by atoms with Gasteiger partial charge in [-0.3, -0.25) is 10.8 Å². The maximum absolute atomic E-state index is 15.0. The average molecular weight is 482 g/mol. The Morgan fingerprint density at radius 2 is 1.88 bits per heavy atom. The fourth-order valence-corrected chi connectivity index (χ4v) is 3.25. The van der Waals surface area contributed by atoms with Crippen molar-refractivity contribution in [3.63, 3.8) is 0 Å². The van der Waals surface area contributed by atoms with Gasteiger partial charge in [0.25, 0.3) is 0 Å². The number of hydrogen-bond donors (Lipinski definition) is 3. The number of rotatable bonds is 7. The zero-order valence-corrected chi connectivity index (χ0v) is 18.5. The Hall–Kier alpha value is -3.67. The number of alkyl halides is 3. The number of aryl methyl sites for hydroxylation is 1. The first-order valence-electron chi connectivity index (χ1n) is 10.1. The van der Waals surface area contributed by atoms with Crippen molar-refractivity contribution in [1.29, 1.82) is 0 Å². The molecule has 5 N–H and O–H groups in total. The number of nitrogens with two attached hydrogens (primary N) is 2. The molecule has 34 heavy (non-hydrogen) atoms. The van der Waals surface area contributed by atoms with E-state index >= 15 is 4.39 Å². The number of ether oxygens (including phenoxy) is 1. The number of hydrazine groups is 1. The van der Waals surface area contributed by atoms with Gasteiger partial charge in [-0.25, -0.2) is 13.8 Å². The van der Waals surface area contributed by atoms with Crippen LogP contribution in [0.25, 0.3) is 28.3 Å². The molecule has 12 heteroatoms. The van der Waals surface area contributed by atoms with Crippen LogP contribution in [0.4, 0.5) is 22.0 Å². The lowest BCUT2D eigenvalue weighted by molar-refractivity contribution is -0.0961. The fourth-order valence-electron chi connectivity index (χ4n) is 3.25. The molecule has 0 aliphatic heterocycles. The Balaban J connectivity index is 2.19. The van der Waals surface area contributed by atoms with E-state index in [1.54, 1.807) is 12.5 Å². The first kappa shape index (κ1) is 25.0. The molecule has 0 atom stereocenters. The summed E-state index contributed by atoms with van der Waals surface area (Å²) >= 11 is 0. The SMILES string of the molecule is CC(C)COc1cc(F)cc(F)c1-c1c(-c2cc(/C(N)=C(/NN)C(F)(F)F)ccn2)ncn1C. The van der Waals surface area contributed by atoms with Crippen molar-refractivity contribution in [3.05, 3.63) is 59.7 Å². The third kappa shape index (κ3) is 5.11. The molecule has 0 saturated heterocycles. The van der Waals surface area contributed by atoms with Crippen LogP contribution in [0.5, 0.6) is 5.75 Å². The van der Waals surface area contributed by atoms with Crippen LogP contribution >= 0.6 is 0 Å². The highest BCUT2D eigenvalue weighted by Gasteiger charge is 2.36. The number of hydrogen-bond acceptors (Lipinski definition) is 6. The van der Waals surface area contributed by atoms with E-state index < -0.39 is 29.2 Å². The van der Waals surface area contributed by atoms with Gasteiger partial charge < -0.3 is 20.5 Å². The number of halogens is 5. The standard InChI is InChI=1S/C22H23F5N6O/c1-11(2)9-34-16-8-13(23)7-14(24)17(16)20-19(31-10-33(20)3)15-6-12(4-5-30-15)18(28)21(32-29)22(25,26)27/h4-8,10-11,32H,9,28-29H2,1-3H3/b21-18-. The highest BCUT2D eigenvalue weighted by molar-refractivity contribution is 5.82. The molecular weight excluding hydrogens is 459 g/mol. The summed E-state index contributed by atoms with van der Waals surface area (Å²) in [6.45, 7) is 3.96. The maximum atomic E-state index is 15.0. The van der Waals surface area contributed by atoms with E-state index in [1.807, 2.05) is 13.8 Å². The lowest BCUT2D eigenvalue weighted by Gasteiger charge is -2.16. The first-order chi connectivity index (χ1) is 15.9. The lowest BCUT2D eigenvalue weighted by atomic mass is 10.0. The van der Waals surface area contributed by atoms with Crippen LogP contribution in [0, 0.1) is 17.6 Å². The van der Waals surface area contributed by atoms with Gasteiger partial charge in [-0.05, 0) is 18.1 Å². The number of pyridine rings is 1. The van der Waals surface area contributed by atoms with E-state index in [-0.39, 0.29) is 46.5 Å². The molecular formula is C22H23F5N6O. The van der Waals surface area contributed by atoms with Crippen molar-refractivity contribution < 1.29 is 26.7 Å². The van der Waals surface area contributed by atoms with Crippen LogP contribution in [0.15, 0.2) is 42.5 Å². The predicted molar refractivity (Wildman–Crippen MR) is 117 cm³/mol. The molecule has 0 aliphatic carbocycles. The van der Waals surface area contributed by atoms with E-state index in [4.69, 9.17) is 16.3 Å². The number of allylic oxidation sites excluding steroid dienone is 1. The Kier molecular flexibility index (Phi) is 7.10. The van der Waals surface area contributed by atoms with Crippen molar-refractivity contribution >= 4 is 5.70 Å². The normalized spacial score (nSPS) is 12.6. The summed E-state index contributed by atoms with van der Waals surface area (Å²) in [5, 5.41) is 0. The molecule has 2 aromatic heterocycles. The zero-order valence-electron chi connectivity index (χ0n) is 18.5. The second-order valence-electron chi connectivity index (χ2n) is 7.88. The quantitative estimate of drug-likeness (QED) is 0.266. The van der Waals surface area contributed by atoms with E-state index in [0.717, 1.165) is 6.07 Å². The molecule has 0 bridgehead atoms. The Morgan fingerprint density at radius 3 is 2.50 bits per heavy atom. The zero-order chi connectivity index (χ0) is 25.2. The van der Waals surface area contributed by atoms with Crippen LogP contribution in [-0.4, -0.2) is 27.3 Å². The Bertz CT molecular complexity index is 1220. The monoisotopic (exact) mass is 482 g/mol. The summed E-state index contributed by atoms with van der Waals surface area (Å²) in [6, 6.07) is 4.30. The minimum atomic E-state index is -4.82. The number of aromatic nitrogens is 3. The summed E-state index contributed by atoms with van der Waals surface area (Å²) in [5.74, 6) is 3.34. The molecule has 2 heterocycles. The number of benzene rings is 1. The highest BCUT2D eigenvalue weighted by atomic mass is 19.4. The third-order valence-electron chi connectivity index (χ3n) is 4.78. The minimum absolute atomic E-state index is 0.0391. The number of nitrogens with one attached hydrogen (secondary N) is 1. The summed E-state index contributed by atoms with van der Waals surface area (Å²) in [5.41, 5.74) is 5.61. The van der Waals surface area contributed by atoms with E-state index in [1.165, 1.54) is 29.2 Å². The van der Waals surface area contributed by atoms with Crippen LogP contribution in [0.3, 0.4) is 0 Å². The third-order valence-corrected chi connectivity index (χ3v) is 4.78. The van der Waals surface area contributed by atoms with Gasteiger partial charge in [0.2, 0.25) is 0 Å². The molecule has 182 valence electrons. The van der Waals surface area contributed by atoms with Crippen LogP contribution in [0.2, 0.25) is 0 Å². The molecule has 0 saturated carbocycles. The Labute approximate surface area is 192 Å². The second kappa shape index (κ2) is 9.67. The fraction of sp³-hybridized carbons (Fsp3) is 0.273. The van der Waals surface area contributed by atoms with Gasteiger partial charge in [-0.15, -0.1) is 0 Å². The second-order valence-corrected chi connectivity index (χ2v) is 7.88. The van der Waals surface area contributed by atoms with Gasteiger partial charge in [-0.1, -0.05) is 13.8 Å². The summed E-state index contributed by atoms with van der Waals surface area (Å²) < 4.78 is 75.8. The molecule has 0 aliphatic rings. The van der Waals surface area contributed by atoms with Crippen molar-refractivity contribution in [2.75, 3.05) is 6.61 Å². The van der Waals surface area contributed by atoms with E-state index in [9.17, 15) is 17.6 Å². The molecule has 0 spiro atoms. The largest absolute Gasteiger partial charge is 0.492 e. The first-order valence-corrected chi connectivity index (χ1v) is 10.1. The molecule has 0 fully saturated rings. The van der Waals surface area contributed by atoms with Gasteiger partial charge >= 0.3 is 6.18 Å². The minimum Gasteiger partial charge on any atom is -0.492 e. The summed E-state index contributed by atoms with van der Waals surface area (Å²) in [6.07, 6.45) is -2.22. The highest BCUT2D eigenvalue weighted by Crippen LogP contribution is 2.39. The van der Waals surface area contributed by atoms with Crippen molar-refractivity contribution in [3.8, 4) is 28.4 Å². The molecule has 3 rings (SSSR count). The summed E-state index contributed by atoms with van der Waals surface area (Å²) in [7, 11) is 1.58. The van der Waals surface area contributed by atoms with Gasteiger partial charge in [0, 0.05) is 30.9 Å². The topological polar surface area (TPSA) is 104 Å². The van der Waals surface area contributed by atoms with E-state index in [0.29, 0.717) is 6.07 Å². The van der Waals surface area contributed by atoms with Gasteiger partial charge in [0.15, 0.2) is 5.70 Å². The molecule has 3 aromatic rings. The van der Waals surface area contributed by atoms with Gasteiger partial charge in [-0.2, -0.15) is 13.2 Å². The van der Waals surface area contributed by atoms with Gasteiger partial charge in [0.1, 0.15) is 23.1 Å². The van der Waals surface area contributed by atoms with E-state index in [2.05, 4.69) is 9.97 Å². The number of nitrogens with zero attached hydrogens (tertiary/aromatic N) is 3. The average Bonchev–Trinajstić information content (AvgIpc) is 3.12. The van der Waals surface area contributed by atoms with Crippen molar-refractivity contribution in [2.45, 2.75) is 20.0 Å². The summed E-state index contributed by atoms with van der Waals surface area (Å²) in [4.78, 5) is 8.41. The maximum Gasteiger partial charge on any atom is 0.434 e. The lowest BCUT2D eigenvalue weighted by Crippen LogP contribution is -2.34. The number of imidazole rings is 1. The molecule has 0 unspecified atom stereocenters. The van der Waals surface area contributed by atoms with Crippen LogP contribution in [-0.2, 0) is 7.05 Å². The van der Waals surface area contributed by atoms with Crippen LogP contribution < -0.4 is 21.7 Å². The Morgan fingerprint density at radius 1 is 1.18 bits per heavy atom.